The lowest BCUT2D eigenvalue weighted by atomic mass is 10.1. The summed E-state index contributed by atoms with van der Waals surface area (Å²) in [6, 6.07) is 6.68. The fourth-order valence-corrected chi connectivity index (χ4v) is 2.48. The Hall–Kier alpha value is -0.970. The maximum atomic E-state index is 12.8. The maximum Gasteiger partial charge on any atom is 0.123 e. The first-order valence-electron chi connectivity index (χ1n) is 6.92. The maximum absolute atomic E-state index is 12.8. The van der Waals surface area contributed by atoms with Crippen molar-refractivity contribution >= 4 is 0 Å². The van der Waals surface area contributed by atoms with Crippen LogP contribution < -0.4 is 0 Å². The molecule has 2 unspecified atom stereocenters. The molecule has 19 heavy (non-hydrogen) atoms. The third-order valence-corrected chi connectivity index (χ3v) is 4.02. The molecule has 1 aromatic rings. The summed E-state index contributed by atoms with van der Waals surface area (Å²) in [5.41, 5.74) is 0.795. The van der Waals surface area contributed by atoms with Gasteiger partial charge in [-0.25, -0.2) is 4.39 Å². The number of aliphatic hydroxyl groups excluding tert-OH is 1. The zero-order valence-corrected chi connectivity index (χ0v) is 11.7. The van der Waals surface area contributed by atoms with E-state index in [0.29, 0.717) is 12.5 Å². The van der Waals surface area contributed by atoms with Gasteiger partial charge < -0.3 is 14.9 Å². The lowest BCUT2D eigenvalue weighted by Gasteiger charge is -2.38. The van der Waals surface area contributed by atoms with Gasteiger partial charge in [-0.2, -0.15) is 0 Å². The fraction of sp³-hybridized carbons (Fsp3) is 0.600. The van der Waals surface area contributed by atoms with Crippen molar-refractivity contribution in [2.45, 2.75) is 25.5 Å². The third-order valence-electron chi connectivity index (χ3n) is 4.02. The molecule has 1 aliphatic rings. The molecule has 0 spiro atoms. The van der Waals surface area contributed by atoms with Gasteiger partial charge in [-0.1, -0.05) is 12.1 Å². The van der Waals surface area contributed by atoms with Crippen LogP contribution >= 0.6 is 0 Å². The van der Waals surface area contributed by atoms with E-state index in [0.717, 1.165) is 31.7 Å². The van der Waals surface area contributed by atoms with Crippen LogP contribution in [-0.4, -0.2) is 54.2 Å². The molecule has 0 amide bonds. The summed E-state index contributed by atoms with van der Waals surface area (Å²) in [6.45, 7) is 6.29. The molecule has 0 aromatic heterocycles. The SMILES string of the molecule is CC1CN(CCC(O)c2ccc(F)cc2)CCN1C. The molecule has 1 N–H and O–H groups in total. The van der Waals surface area contributed by atoms with Crippen LogP contribution in [0.2, 0.25) is 0 Å². The number of nitrogens with zero attached hydrogens (tertiary/aromatic N) is 2. The minimum atomic E-state index is -0.504. The Morgan fingerprint density at radius 3 is 2.63 bits per heavy atom. The van der Waals surface area contributed by atoms with Gasteiger partial charge in [-0.05, 0) is 38.1 Å². The van der Waals surface area contributed by atoms with Gasteiger partial charge in [0, 0.05) is 32.2 Å². The molecule has 0 aliphatic carbocycles. The van der Waals surface area contributed by atoms with E-state index in [4.69, 9.17) is 0 Å². The van der Waals surface area contributed by atoms with Gasteiger partial charge in [-0.3, -0.25) is 0 Å². The van der Waals surface area contributed by atoms with E-state index >= 15 is 0 Å². The summed E-state index contributed by atoms with van der Waals surface area (Å²) in [6.07, 6.45) is 0.192. The fourth-order valence-electron chi connectivity index (χ4n) is 2.48. The third kappa shape index (κ3) is 4.00. The second kappa shape index (κ2) is 6.46. The van der Waals surface area contributed by atoms with Crippen LogP contribution in [0.3, 0.4) is 0 Å². The molecular weight excluding hydrogens is 243 g/mol. The van der Waals surface area contributed by atoms with Crippen LogP contribution in [-0.2, 0) is 0 Å². The Balaban J connectivity index is 1.80. The average Bonchev–Trinajstić information content (AvgIpc) is 2.40. The van der Waals surface area contributed by atoms with Crippen molar-refractivity contribution in [1.29, 1.82) is 0 Å². The van der Waals surface area contributed by atoms with Gasteiger partial charge in [-0.15, -0.1) is 0 Å². The molecule has 1 aromatic carbocycles. The Labute approximate surface area is 114 Å². The van der Waals surface area contributed by atoms with Crippen LogP contribution in [0, 0.1) is 5.82 Å². The van der Waals surface area contributed by atoms with Crippen molar-refractivity contribution in [3.63, 3.8) is 0 Å². The summed E-state index contributed by atoms with van der Waals surface area (Å²) in [7, 11) is 2.15. The molecule has 3 nitrogen and oxygen atoms in total. The van der Waals surface area contributed by atoms with E-state index in [-0.39, 0.29) is 5.82 Å². The second-order valence-electron chi connectivity index (χ2n) is 5.49. The summed E-state index contributed by atoms with van der Waals surface area (Å²) in [5, 5.41) is 10.1. The van der Waals surface area contributed by atoms with Crippen molar-refractivity contribution in [3.05, 3.63) is 35.6 Å². The number of aliphatic hydroxyl groups is 1. The van der Waals surface area contributed by atoms with E-state index in [1.807, 2.05) is 0 Å². The molecule has 0 radical (unpaired) electrons. The predicted octanol–water partition coefficient (Wildman–Crippen LogP) is 1.89. The quantitative estimate of drug-likeness (QED) is 0.901. The molecular formula is C15H23FN2O. The molecule has 2 atom stereocenters. The Kier molecular flexibility index (Phi) is 4.91. The minimum absolute atomic E-state index is 0.260. The van der Waals surface area contributed by atoms with Gasteiger partial charge in [0.05, 0.1) is 6.10 Å². The highest BCUT2D eigenvalue weighted by molar-refractivity contribution is 5.18. The van der Waals surface area contributed by atoms with Crippen LogP contribution in [0.15, 0.2) is 24.3 Å². The van der Waals surface area contributed by atoms with E-state index in [1.165, 1.54) is 12.1 Å². The Morgan fingerprint density at radius 1 is 1.32 bits per heavy atom. The predicted molar refractivity (Wildman–Crippen MR) is 74.5 cm³/mol. The number of benzene rings is 1. The molecule has 1 fully saturated rings. The molecule has 0 bridgehead atoms. The zero-order valence-electron chi connectivity index (χ0n) is 11.7. The van der Waals surface area contributed by atoms with Gasteiger partial charge in [0.1, 0.15) is 5.82 Å². The highest BCUT2D eigenvalue weighted by atomic mass is 19.1. The Morgan fingerprint density at radius 2 is 2.00 bits per heavy atom. The number of halogens is 1. The van der Waals surface area contributed by atoms with Crippen molar-refractivity contribution in [3.8, 4) is 0 Å². The summed E-state index contributed by atoms with van der Waals surface area (Å²) >= 11 is 0. The lowest BCUT2D eigenvalue weighted by Crippen LogP contribution is -2.50. The number of hydrogen-bond donors (Lipinski definition) is 1. The molecule has 1 saturated heterocycles. The van der Waals surface area contributed by atoms with E-state index in [9.17, 15) is 9.50 Å². The highest BCUT2D eigenvalue weighted by Gasteiger charge is 2.21. The van der Waals surface area contributed by atoms with Crippen molar-refractivity contribution in [1.82, 2.24) is 9.80 Å². The first-order valence-corrected chi connectivity index (χ1v) is 6.92. The summed E-state index contributed by atoms with van der Waals surface area (Å²) < 4.78 is 12.8. The van der Waals surface area contributed by atoms with Crippen LogP contribution in [0.4, 0.5) is 4.39 Å². The van der Waals surface area contributed by atoms with Crippen molar-refractivity contribution < 1.29 is 9.50 Å². The monoisotopic (exact) mass is 266 g/mol. The molecule has 1 heterocycles. The number of rotatable bonds is 4. The normalized spacial score (nSPS) is 23.5. The topological polar surface area (TPSA) is 26.7 Å². The van der Waals surface area contributed by atoms with Crippen LogP contribution in [0.1, 0.15) is 25.0 Å². The standard InChI is InChI=1S/C15H23FN2O/c1-12-11-18(10-9-17(12)2)8-7-15(19)13-3-5-14(16)6-4-13/h3-6,12,15,19H,7-11H2,1-2H3. The summed E-state index contributed by atoms with van der Waals surface area (Å²) in [4.78, 5) is 4.74. The Bertz CT molecular complexity index is 396. The smallest absolute Gasteiger partial charge is 0.123 e. The molecule has 106 valence electrons. The van der Waals surface area contributed by atoms with Crippen LogP contribution in [0.25, 0.3) is 0 Å². The van der Waals surface area contributed by atoms with E-state index < -0.39 is 6.10 Å². The van der Waals surface area contributed by atoms with Gasteiger partial charge in [0.15, 0.2) is 0 Å². The van der Waals surface area contributed by atoms with Gasteiger partial charge >= 0.3 is 0 Å². The zero-order chi connectivity index (χ0) is 13.8. The van der Waals surface area contributed by atoms with E-state index in [1.54, 1.807) is 12.1 Å². The summed E-state index contributed by atoms with van der Waals surface area (Å²) in [5.74, 6) is -0.260. The van der Waals surface area contributed by atoms with Crippen molar-refractivity contribution in [2.24, 2.45) is 0 Å². The first-order chi connectivity index (χ1) is 9.06. The molecule has 1 aliphatic heterocycles. The first kappa shape index (κ1) is 14.4. The minimum Gasteiger partial charge on any atom is -0.388 e. The lowest BCUT2D eigenvalue weighted by molar-refractivity contribution is 0.0839. The molecule has 0 saturated carbocycles. The number of piperazine rings is 1. The van der Waals surface area contributed by atoms with Gasteiger partial charge in [0.25, 0.3) is 0 Å². The molecule has 2 rings (SSSR count). The highest BCUT2D eigenvalue weighted by Crippen LogP contribution is 2.18. The van der Waals surface area contributed by atoms with Crippen LogP contribution in [0.5, 0.6) is 0 Å². The van der Waals surface area contributed by atoms with Crippen molar-refractivity contribution in [2.75, 3.05) is 33.2 Å². The average molecular weight is 266 g/mol. The second-order valence-corrected chi connectivity index (χ2v) is 5.49. The number of hydrogen-bond acceptors (Lipinski definition) is 3. The largest absolute Gasteiger partial charge is 0.388 e. The van der Waals surface area contributed by atoms with Gasteiger partial charge in [0.2, 0.25) is 0 Å². The van der Waals surface area contributed by atoms with E-state index in [2.05, 4.69) is 23.8 Å². The molecule has 4 heteroatoms. The number of likely N-dealkylation sites (N-methyl/N-ethyl adjacent to an activating group) is 1.